The number of carbonyl (C=O) groups excluding carboxylic acids is 4. The molecule has 238 valence electrons. The van der Waals surface area contributed by atoms with Crippen LogP contribution in [-0.4, -0.2) is 89.9 Å². The number of nitriles is 1. The molecule has 1 aromatic rings. The first-order valence-corrected chi connectivity index (χ1v) is 16.2. The number of benzene rings is 1. The molecule has 3 atom stereocenters. The van der Waals surface area contributed by atoms with Gasteiger partial charge < -0.3 is 31.1 Å². The van der Waals surface area contributed by atoms with Gasteiger partial charge in [-0.2, -0.15) is 5.26 Å². The van der Waals surface area contributed by atoms with Crippen LogP contribution in [0, 0.1) is 35.0 Å². The average Bonchev–Trinajstić information content (AvgIpc) is 3.61. The second-order valence-electron chi connectivity index (χ2n) is 12.0. The molecule has 0 saturated carbocycles. The first kappa shape index (κ1) is 34.7. The van der Waals surface area contributed by atoms with Crippen LogP contribution >= 0.6 is 11.8 Å². The lowest BCUT2D eigenvalue weighted by Crippen LogP contribution is -2.38. The number of hydrogen-bond acceptors (Lipinski definition) is 8. The van der Waals surface area contributed by atoms with Gasteiger partial charge in [0.1, 0.15) is 5.92 Å². The van der Waals surface area contributed by atoms with Gasteiger partial charge in [-0.05, 0) is 57.5 Å². The Morgan fingerprint density at radius 1 is 1.16 bits per heavy atom. The molecule has 12 heteroatoms. The van der Waals surface area contributed by atoms with Crippen molar-refractivity contribution < 1.29 is 19.2 Å². The molecular formula is C32H45N7O4S. The lowest BCUT2D eigenvalue weighted by Gasteiger charge is -2.23. The fourth-order valence-electron chi connectivity index (χ4n) is 5.11. The van der Waals surface area contributed by atoms with E-state index in [1.54, 1.807) is 23.1 Å². The molecule has 11 nitrogen and oxygen atoms in total. The molecule has 4 N–H and O–H groups in total. The summed E-state index contributed by atoms with van der Waals surface area (Å²) in [7, 11) is 0. The van der Waals surface area contributed by atoms with Crippen LogP contribution in [-0.2, 0) is 14.4 Å². The lowest BCUT2D eigenvalue weighted by atomic mass is 9.95. The standard InChI is InChI=1S/C32H45N7O4S/c1-6-13-35-28(40)22(21-33)19-27-39(7-2)30(42)26(44-27)12-14-34-23-10-11-24(25(20-23)37-31(43)32(3,4)5)29(41)36-15-18-38-16-8-9-17-38/h1,10-11,20,22,26-27,34H,7-9,12-19H2,2-5H3,(H,35,40)(H,36,41)(H,37,43). The highest BCUT2D eigenvalue weighted by atomic mass is 32.2. The summed E-state index contributed by atoms with van der Waals surface area (Å²) in [5.41, 5.74) is 0.858. The summed E-state index contributed by atoms with van der Waals surface area (Å²) in [6, 6.07) is 7.27. The Labute approximate surface area is 265 Å². The van der Waals surface area contributed by atoms with Crippen molar-refractivity contribution in [1.82, 2.24) is 20.4 Å². The molecule has 2 aliphatic rings. The zero-order valence-electron chi connectivity index (χ0n) is 26.2. The minimum Gasteiger partial charge on any atom is -0.385 e. The van der Waals surface area contributed by atoms with Crippen LogP contribution < -0.4 is 21.3 Å². The Hall–Kier alpha value is -3.74. The van der Waals surface area contributed by atoms with Crippen LogP contribution in [0.15, 0.2) is 18.2 Å². The maximum absolute atomic E-state index is 13.1. The molecule has 0 bridgehead atoms. The van der Waals surface area contributed by atoms with Crippen molar-refractivity contribution in [3.05, 3.63) is 23.8 Å². The van der Waals surface area contributed by atoms with Crippen LogP contribution in [0.2, 0.25) is 0 Å². The first-order valence-electron chi connectivity index (χ1n) is 15.2. The topological polar surface area (TPSA) is 147 Å². The minimum absolute atomic E-state index is 0.0240. The summed E-state index contributed by atoms with van der Waals surface area (Å²) in [5, 5.41) is 20.7. The third-order valence-electron chi connectivity index (χ3n) is 7.68. The smallest absolute Gasteiger partial charge is 0.253 e. The van der Waals surface area contributed by atoms with E-state index in [0.29, 0.717) is 43.0 Å². The Kier molecular flexibility index (Phi) is 12.9. The normalized spacial score (nSPS) is 19.1. The number of hydrogen-bond donors (Lipinski definition) is 4. The van der Waals surface area contributed by atoms with Gasteiger partial charge in [0.2, 0.25) is 17.7 Å². The van der Waals surface area contributed by atoms with Gasteiger partial charge in [-0.25, -0.2) is 0 Å². The molecule has 2 aliphatic heterocycles. The van der Waals surface area contributed by atoms with E-state index in [1.807, 2.05) is 33.8 Å². The third kappa shape index (κ3) is 9.63. The van der Waals surface area contributed by atoms with Gasteiger partial charge >= 0.3 is 0 Å². The number of amides is 4. The van der Waals surface area contributed by atoms with E-state index in [4.69, 9.17) is 6.42 Å². The van der Waals surface area contributed by atoms with Crippen molar-refractivity contribution in [3.8, 4) is 18.4 Å². The molecule has 2 fully saturated rings. The summed E-state index contributed by atoms with van der Waals surface area (Å²) in [5.74, 6) is 0.512. The Bertz CT molecular complexity index is 1280. The van der Waals surface area contributed by atoms with Gasteiger partial charge in [-0.1, -0.05) is 26.7 Å². The van der Waals surface area contributed by atoms with E-state index >= 15 is 0 Å². The fourth-order valence-corrected chi connectivity index (χ4v) is 6.69. The molecule has 1 aromatic carbocycles. The average molecular weight is 624 g/mol. The minimum atomic E-state index is -0.905. The molecule has 0 radical (unpaired) electrons. The number of terminal acetylenes is 1. The largest absolute Gasteiger partial charge is 0.385 e. The highest BCUT2D eigenvalue weighted by molar-refractivity contribution is 8.01. The van der Waals surface area contributed by atoms with Crippen molar-refractivity contribution in [3.63, 3.8) is 0 Å². The van der Waals surface area contributed by atoms with Crippen LogP contribution in [0.1, 0.15) is 63.7 Å². The number of anilines is 2. The van der Waals surface area contributed by atoms with Crippen LogP contribution in [0.25, 0.3) is 0 Å². The van der Waals surface area contributed by atoms with Gasteiger partial charge in [0.05, 0.1) is 34.5 Å². The molecule has 0 aromatic heterocycles. The van der Waals surface area contributed by atoms with E-state index in [2.05, 4.69) is 32.1 Å². The van der Waals surface area contributed by atoms with Gasteiger partial charge in [0.15, 0.2) is 0 Å². The van der Waals surface area contributed by atoms with Gasteiger partial charge in [0.25, 0.3) is 5.91 Å². The molecule has 4 amide bonds. The van der Waals surface area contributed by atoms with Crippen molar-refractivity contribution in [1.29, 1.82) is 5.26 Å². The number of thioether (sulfide) groups is 1. The highest BCUT2D eigenvalue weighted by Gasteiger charge is 2.40. The SMILES string of the molecule is C#CCNC(=O)C(C#N)CC1SC(CCNc2ccc(C(=O)NCCN3CCCC3)c(NC(=O)C(C)(C)C)c2)C(=O)N1CC. The zero-order chi connectivity index (χ0) is 32.3. The molecule has 2 saturated heterocycles. The van der Waals surface area contributed by atoms with E-state index in [1.165, 1.54) is 24.6 Å². The monoisotopic (exact) mass is 623 g/mol. The second kappa shape index (κ2) is 16.4. The van der Waals surface area contributed by atoms with Gasteiger partial charge in [-0.15, -0.1) is 18.2 Å². The van der Waals surface area contributed by atoms with E-state index in [0.717, 1.165) is 19.6 Å². The molecule has 44 heavy (non-hydrogen) atoms. The number of rotatable bonds is 14. The van der Waals surface area contributed by atoms with Gasteiger partial charge in [-0.3, -0.25) is 19.2 Å². The van der Waals surface area contributed by atoms with E-state index in [9.17, 15) is 24.4 Å². The maximum atomic E-state index is 13.1. The number of nitrogens with zero attached hydrogens (tertiary/aromatic N) is 3. The second-order valence-corrected chi connectivity index (χ2v) is 13.4. The Morgan fingerprint density at radius 2 is 1.89 bits per heavy atom. The summed E-state index contributed by atoms with van der Waals surface area (Å²) < 4.78 is 0. The van der Waals surface area contributed by atoms with Crippen molar-refractivity contribution in [2.45, 2.75) is 64.0 Å². The van der Waals surface area contributed by atoms with Crippen LogP contribution in [0.3, 0.4) is 0 Å². The zero-order valence-corrected chi connectivity index (χ0v) is 27.0. The molecular weight excluding hydrogens is 578 g/mol. The number of nitrogens with one attached hydrogen (secondary N) is 4. The van der Waals surface area contributed by atoms with E-state index in [-0.39, 0.29) is 41.3 Å². The van der Waals surface area contributed by atoms with Crippen LogP contribution in [0.4, 0.5) is 11.4 Å². The van der Waals surface area contributed by atoms with Crippen molar-refractivity contribution in [2.75, 3.05) is 56.4 Å². The van der Waals surface area contributed by atoms with Crippen molar-refractivity contribution in [2.24, 2.45) is 11.3 Å². The predicted octanol–water partition coefficient (Wildman–Crippen LogP) is 2.87. The fraction of sp³-hybridized carbons (Fsp3) is 0.594. The molecule has 3 unspecified atom stereocenters. The molecule has 0 aliphatic carbocycles. The number of likely N-dealkylation sites (tertiary alicyclic amines) is 1. The van der Waals surface area contributed by atoms with Gasteiger partial charge in [0, 0.05) is 43.7 Å². The third-order valence-corrected chi connectivity index (χ3v) is 9.21. The van der Waals surface area contributed by atoms with Crippen LogP contribution in [0.5, 0.6) is 0 Å². The number of carbonyl (C=O) groups is 4. The lowest BCUT2D eigenvalue weighted by molar-refractivity contribution is -0.131. The predicted molar refractivity (Wildman–Crippen MR) is 174 cm³/mol. The molecule has 2 heterocycles. The Morgan fingerprint density at radius 3 is 2.52 bits per heavy atom. The van der Waals surface area contributed by atoms with E-state index < -0.39 is 17.2 Å². The molecule has 0 spiro atoms. The molecule has 3 rings (SSSR count). The Balaban J connectivity index is 1.63. The quantitative estimate of drug-likeness (QED) is 0.232. The summed E-state index contributed by atoms with van der Waals surface area (Å²) >= 11 is 1.46. The highest BCUT2D eigenvalue weighted by Crippen LogP contribution is 2.37. The maximum Gasteiger partial charge on any atom is 0.253 e. The van der Waals surface area contributed by atoms with Crippen molar-refractivity contribution >= 4 is 46.8 Å². The summed E-state index contributed by atoms with van der Waals surface area (Å²) in [4.78, 5) is 55.4. The first-order chi connectivity index (χ1) is 21.0. The summed E-state index contributed by atoms with van der Waals surface area (Å²) in [6.45, 7) is 11.7. The summed E-state index contributed by atoms with van der Waals surface area (Å²) in [6.07, 6.45) is 8.31.